The fraction of sp³-hybridized carbons (Fsp3) is 0.429. The standard InChI is InChI=1S/C14H21N3OS2/c1-4-20-11-7-5-6-10(13(11)14(15)19)17(3)9-8-12(18)16-2/h5-7H,4,8-9H2,1-3H3,(H2,15,19)(H,16,18). The van der Waals surface area contributed by atoms with E-state index in [0.29, 0.717) is 18.0 Å². The first kappa shape index (κ1) is 16.8. The van der Waals surface area contributed by atoms with Crippen molar-refractivity contribution in [3.8, 4) is 0 Å². The monoisotopic (exact) mass is 311 g/mol. The molecule has 0 fully saturated rings. The van der Waals surface area contributed by atoms with Crippen molar-refractivity contribution in [3.63, 3.8) is 0 Å². The fourth-order valence-electron chi connectivity index (χ4n) is 1.88. The summed E-state index contributed by atoms with van der Waals surface area (Å²) in [5, 5.41) is 2.62. The molecule has 0 saturated carbocycles. The summed E-state index contributed by atoms with van der Waals surface area (Å²) in [7, 11) is 3.59. The summed E-state index contributed by atoms with van der Waals surface area (Å²) in [4.78, 5) is 14.8. The predicted octanol–water partition coefficient (Wildman–Crippen LogP) is 2.01. The number of rotatable bonds is 7. The lowest BCUT2D eigenvalue weighted by Crippen LogP contribution is -2.28. The lowest BCUT2D eigenvalue weighted by molar-refractivity contribution is -0.120. The Labute approximate surface area is 130 Å². The molecule has 110 valence electrons. The van der Waals surface area contributed by atoms with Crippen LogP contribution in [0.2, 0.25) is 0 Å². The largest absolute Gasteiger partial charge is 0.389 e. The Balaban J connectivity index is 3.01. The topological polar surface area (TPSA) is 58.4 Å². The first-order valence-corrected chi connectivity index (χ1v) is 7.88. The van der Waals surface area contributed by atoms with Crippen molar-refractivity contribution in [1.82, 2.24) is 5.32 Å². The van der Waals surface area contributed by atoms with E-state index in [4.69, 9.17) is 18.0 Å². The number of thiocarbonyl (C=S) groups is 1. The average Bonchev–Trinajstić information content (AvgIpc) is 2.44. The molecule has 0 bridgehead atoms. The summed E-state index contributed by atoms with van der Waals surface area (Å²) in [5.41, 5.74) is 7.75. The highest BCUT2D eigenvalue weighted by Gasteiger charge is 2.14. The zero-order valence-corrected chi connectivity index (χ0v) is 13.7. The van der Waals surface area contributed by atoms with Crippen LogP contribution in [0.1, 0.15) is 18.9 Å². The van der Waals surface area contributed by atoms with Crippen LogP contribution < -0.4 is 16.0 Å². The smallest absolute Gasteiger partial charge is 0.221 e. The maximum atomic E-state index is 11.3. The van der Waals surface area contributed by atoms with Gasteiger partial charge in [-0.05, 0) is 17.9 Å². The number of carbonyl (C=O) groups is 1. The van der Waals surface area contributed by atoms with E-state index < -0.39 is 0 Å². The summed E-state index contributed by atoms with van der Waals surface area (Å²) < 4.78 is 0. The van der Waals surface area contributed by atoms with Gasteiger partial charge in [0.2, 0.25) is 5.91 Å². The summed E-state index contributed by atoms with van der Waals surface area (Å²) >= 11 is 6.90. The molecular formula is C14H21N3OS2. The van der Waals surface area contributed by atoms with Gasteiger partial charge in [0, 0.05) is 43.2 Å². The third-order valence-electron chi connectivity index (χ3n) is 2.91. The van der Waals surface area contributed by atoms with Crippen molar-refractivity contribution in [2.75, 3.05) is 31.3 Å². The molecular weight excluding hydrogens is 290 g/mol. The van der Waals surface area contributed by atoms with Crippen LogP contribution in [0, 0.1) is 0 Å². The second-order valence-corrected chi connectivity index (χ2v) is 6.04. The summed E-state index contributed by atoms with van der Waals surface area (Å²) in [6.45, 7) is 2.71. The van der Waals surface area contributed by atoms with E-state index >= 15 is 0 Å². The fourth-order valence-corrected chi connectivity index (χ4v) is 3.00. The molecule has 0 atom stereocenters. The minimum absolute atomic E-state index is 0.0211. The minimum atomic E-state index is 0.0211. The Bertz CT molecular complexity index is 491. The van der Waals surface area contributed by atoms with Gasteiger partial charge in [0.1, 0.15) is 4.99 Å². The van der Waals surface area contributed by atoms with Crippen LogP contribution in [0.25, 0.3) is 0 Å². The van der Waals surface area contributed by atoms with E-state index in [9.17, 15) is 4.79 Å². The molecule has 1 rings (SSSR count). The van der Waals surface area contributed by atoms with Crippen LogP contribution in [0.15, 0.2) is 23.1 Å². The normalized spacial score (nSPS) is 10.2. The van der Waals surface area contributed by atoms with Gasteiger partial charge in [-0.15, -0.1) is 11.8 Å². The Kier molecular flexibility index (Phi) is 6.81. The lowest BCUT2D eigenvalue weighted by Gasteiger charge is -2.23. The summed E-state index contributed by atoms with van der Waals surface area (Å²) in [6.07, 6.45) is 0.439. The zero-order valence-electron chi connectivity index (χ0n) is 12.1. The van der Waals surface area contributed by atoms with Crippen LogP contribution in [0.4, 0.5) is 5.69 Å². The summed E-state index contributed by atoms with van der Waals surface area (Å²) in [6, 6.07) is 6.00. The average molecular weight is 311 g/mol. The number of anilines is 1. The van der Waals surface area contributed by atoms with Gasteiger partial charge in [0.05, 0.1) is 0 Å². The molecule has 0 spiro atoms. The van der Waals surface area contributed by atoms with Crippen molar-refractivity contribution in [1.29, 1.82) is 0 Å². The van der Waals surface area contributed by atoms with Gasteiger partial charge in [-0.3, -0.25) is 4.79 Å². The second kappa shape index (κ2) is 8.11. The molecule has 0 heterocycles. The number of amides is 1. The Hall–Kier alpha value is -1.27. The third-order valence-corrected chi connectivity index (χ3v) is 4.06. The third kappa shape index (κ3) is 4.38. The van der Waals surface area contributed by atoms with Crippen molar-refractivity contribution in [2.45, 2.75) is 18.2 Å². The van der Waals surface area contributed by atoms with Crippen molar-refractivity contribution in [3.05, 3.63) is 23.8 Å². The first-order valence-electron chi connectivity index (χ1n) is 6.48. The number of thioether (sulfide) groups is 1. The maximum absolute atomic E-state index is 11.3. The van der Waals surface area contributed by atoms with E-state index in [2.05, 4.69) is 12.2 Å². The van der Waals surface area contributed by atoms with Gasteiger partial charge in [0.15, 0.2) is 0 Å². The van der Waals surface area contributed by atoms with Crippen LogP contribution in [0.5, 0.6) is 0 Å². The van der Waals surface area contributed by atoms with Gasteiger partial charge in [-0.1, -0.05) is 25.2 Å². The number of nitrogens with two attached hydrogens (primary N) is 1. The Morgan fingerprint density at radius 2 is 2.20 bits per heavy atom. The number of nitrogens with one attached hydrogen (secondary N) is 1. The molecule has 0 aliphatic heterocycles. The molecule has 1 aromatic carbocycles. The molecule has 3 N–H and O–H groups in total. The van der Waals surface area contributed by atoms with E-state index in [1.165, 1.54) is 0 Å². The first-order chi connectivity index (χ1) is 9.51. The van der Waals surface area contributed by atoms with Crippen molar-refractivity contribution in [2.24, 2.45) is 5.73 Å². The highest BCUT2D eigenvalue weighted by Crippen LogP contribution is 2.30. The number of nitrogens with zero attached hydrogens (tertiary/aromatic N) is 1. The highest BCUT2D eigenvalue weighted by atomic mass is 32.2. The molecule has 0 aromatic heterocycles. The molecule has 20 heavy (non-hydrogen) atoms. The van der Waals surface area contributed by atoms with Gasteiger partial charge in [-0.25, -0.2) is 0 Å². The van der Waals surface area contributed by atoms with Crippen molar-refractivity contribution < 1.29 is 4.79 Å². The minimum Gasteiger partial charge on any atom is -0.389 e. The maximum Gasteiger partial charge on any atom is 0.221 e. The number of hydrogen-bond donors (Lipinski definition) is 2. The molecule has 0 aliphatic carbocycles. The number of carbonyl (C=O) groups excluding carboxylic acids is 1. The molecule has 0 aliphatic rings. The van der Waals surface area contributed by atoms with Crippen LogP contribution in [-0.4, -0.2) is 37.3 Å². The van der Waals surface area contributed by atoms with E-state index in [-0.39, 0.29) is 5.91 Å². The van der Waals surface area contributed by atoms with Crippen LogP contribution in [-0.2, 0) is 4.79 Å². The molecule has 0 saturated heterocycles. The second-order valence-electron chi connectivity index (χ2n) is 4.29. The van der Waals surface area contributed by atoms with Crippen molar-refractivity contribution >= 4 is 40.6 Å². The SMILES string of the molecule is CCSc1cccc(N(C)CCC(=O)NC)c1C(N)=S. The van der Waals surface area contributed by atoms with E-state index in [1.807, 2.05) is 30.1 Å². The zero-order chi connectivity index (χ0) is 15.1. The van der Waals surface area contributed by atoms with Gasteiger partial charge < -0.3 is 16.0 Å². The number of hydrogen-bond acceptors (Lipinski definition) is 4. The van der Waals surface area contributed by atoms with Gasteiger partial charge in [-0.2, -0.15) is 0 Å². The van der Waals surface area contributed by atoms with Gasteiger partial charge >= 0.3 is 0 Å². The Morgan fingerprint density at radius 1 is 1.50 bits per heavy atom. The highest BCUT2D eigenvalue weighted by molar-refractivity contribution is 7.99. The Morgan fingerprint density at radius 3 is 2.75 bits per heavy atom. The molecule has 0 radical (unpaired) electrons. The number of benzene rings is 1. The van der Waals surface area contributed by atoms with Gasteiger partial charge in [0.25, 0.3) is 0 Å². The summed E-state index contributed by atoms with van der Waals surface area (Å²) in [5.74, 6) is 0.980. The lowest BCUT2D eigenvalue weighted by atomic mass is 10.1. The molecule has 1 aromatic rings. The molecule has 4 nitrogen and oxygen atoms in total. The predicted molar refractivity (Wildman–Crippen MR) is 90.7 cm³/mol. The molecule has 6 heteroatoms. The van der Waals surface area contributed by atoms with E-state index in [1.54, 1.807) is 18.8 Å². The van der Waals surface area contributed by atoms with Crippen LogP contribution >= 0.6 is 24.0 Å². The van der Waals surface area contributed by atoms with E-state index in [0.717, 1.165) is 21.9 Å². The quantitative estimate of drug-likeness (QED) is 0.596. The molecule has 1 amide bonds. The van der Waals surface area contributed by atoms with Crippen LogP contribution in [0.3, 0.4) is 0 Å². The molecule has 0 unspecified atom stereocenters.